The highest BCUT2D eigenvalue weighted by Gasteiger charge is 2.17. The van der Waals surface area contributed by atoms with Crippen molar-refractivity contribution in [2.45, 2.75) is 6.61 Å². The molecular formula is C19H20N2O3. The SMILES string of the molecule is O=Cc1ccc(COc2ccc(C(=O)N3CCNCC3)cc2)cc1. The van der Waals surface area contributed by atoms with E-state index < -0.39 is 0 Å². The van der Waals surface area contributed by atoms with Gasteiger partial charge in [0.15, 0.2) is 0 Å². The smallest absolute Gasteiger partial charge is 0.253 e. The first-order valence-electron chi connectivity index (χ1n) is 8.03. The summed E-state index contributed by atoms with van der Waals surface area (Å²) in [5.74, 6) is 0.777. The summed E-state index contributed by atoms with van der Waals surface area (Å²) in [4.78, 5) is 24.9. The molecule has 1 aliphatic heterocycles. The number of amides is 1. The van der Waals surface area contributed by atoms with Crippen molar-refractivity contribution < 1.29 is 14.3 Å². The molecule has 124 valence electrons. The van der Waals surface area contributed by atoms with Gasteiger partial charge in [0.05, 0.1) is 0 Å². The number of nitrogens with zero attached hydrogens (tertiary/aromatic N) is 1. The first kappa shape index (κ1) is 16.2. The third kappa shape index (κ3) is 4.00. The standard InChI is InChI=1S/C19H20N2O3/c22-13-15-1-3-16(4-2-15)14-24-18-7-5-17(6-8-18)19(23)21-11-9-20-10-12-21/h1-8,13,20H,9-12,14H2. The number of ether oxygens (including phenoxy) is 1. The van der Waals surface area contributed by atoms with Gasteiger partial charge < -0.3 is 15.0 Å². The van der Waals surface area contributed by atoms with Crippen molar-refractivity contribution >= 4 is 12.2 Å². The first-order valence-corrected chi connectivity index (χ1v) is 8.03. The minimum atomic E-state index is 0.0625. The Labute approximate surface area is 141 Å². The summed E-state index contributed by atoms with van der Waals surface area (Å²) in [6.45, 7) is 3.59. The van der Waals surface area contributed by atoms with E-state index in [9.17, 15) is 9.59 Å². The maximum Gasteiger partial charge on any atom is 0.253 e. The average Bonchev–Trinajstić information content (AvgIpc) is 2.67. The Kier molecular flexibility index (Phi) is 5.23. The summed E-state index contributed by atoms with van der Waals surface area (Å²) < 4.78 is 5.72. The average molecular weight is 324 g/mol. The maximum atomic E-state index is 12.4. The number of carbonyl (C=O) groups is 2. The van der Waals surface area contributed by atoms with Crippen molar-refractivity contribution in [1.82, 2.24) is 10.2 Å². The second kappa shape index (κ2) is 7.75. The van der Waals surface area contributed by atoms with Crippen LogP contribution in [0.5, 0.6) is 5.75 Å². The molecule has 0 bridgehead atoms. The van der Waals surface area contributed by atoms with Crippen molar-refractivity contribution in [3.63, 3.8) is 0 Å². The number of piperazine rings is 1. The van der Waals surface area contributed by atoms with Crippen LogP contribution < -0.4 is 10.1 Å². The predicted molar refractivity (Wildman–Crippen MR) is 91.4 cm³/mol. The van der Waals surface area contributed by atoms with Gasteiger partial charge in [-0.05, 0) is 29.8 Å². The van der Waals surface area contributed by atoms with Crippen molar-refractivity contribution in [3.05, 3.63) is 65.2 Å². The molecule has 1 N–H and O–H groups in total. The lowest BCUT2D eigenvalue weighted by Gasteiger charge is -2.27. The van der Waals surface area contributed by atoms with Crippen LogP contribution in [-0.4, -0.2) is 43.3 Å². The van der Waals surface area contributed by atoms with Crippen LogP contribution in [0, 0.1) is 0 Å². The van der Waals surface area contributed by atoms with Crippen LogP contribution in [-0.2, 0) is 6.61 Å². The van der Waals surface area contributed by atoms with Gasteiger partial charge in [0.1, 0.15) is 18.6 Å². The lowest BCUT2D eigenvalue weighted by Crippen LogP contribution is -2.46. The summed E-state index contributed by atoms with van der Waals surface area (Å²) in [5, 5.41) is 3.24. The molecule has 2 aromatic rings. The molecule has 0 aliphatic carbocycles. The molecule has 1 aliphatic rings. The Morgan fingerprint density at radius 1 is 1.04 bits per heavy atom. The number of nitrogens with one attached hydrogen (secondary N) is 1. The van der Waals surface area contributed by atoms with Gasteiger partial charge in [0, 0.05) is 37.3 Å². The molecule has 0 saturated carbocycles. The van der Waals surface area contributed by atoms with E-state index in [-0.39, 0.29) is 5.91 Å². The normalized spacial score (nSPS) is 14.2. The predicted octanol–water partition coefficient (Wildman–Crippen LogP) is 2.12. The minimum Gasteiger partial charge on any atom is -0.489 e. The largest absolute Gasteiger partial charge is 0.489 e. The molecule has 0 unspecified atom stereocenters. The van der Waals surface area contributed by atoms with Crippen LogP contribution in [0.1, 0.15) is 26.3 Å². The van der Waals surface area contributed by atoms with Crippen LogP contribution in [0.15, 0.2) is 48.5 Å². The van der Waals surface area contributed by atoms with Crippen molar-refractivity contribution in [1.29, 1.82) is 0 Å². The van der Waals surface area contributed by atoms with Gasteiger partial charge in [-0.25, -0.2) is 0 Å². The van der Waals surface area contributed by atoms with Crippen LogP contribution in [0.3, 0.4) is 0 Å². The van der Waals surface area contributed by atoms with Crippen molar-refractivity contribution in [3.8, 4) is 5.75 Å². The third-order valence-electron chi connectivity index (χ3n) is 4.03. The number of benzene rings is 2. The number of rotatable bonds is 5. The van der Waals surface area contributed by atoms with Gasteiger partial charge in [-0.2, -0.15) is 0 Å². The number of hydrogen-bond acceptors (Lipinski definition) is 4. The molecule has 0 aromatic heterocycles. The Balaban J connectivity index is 1.57. The van der Waals surface area contributed by atoms with Gasteiger partial charge in [-0.3, -0.25) is 9.59 Å². The summed E-state index contributed by atoms with van der Waals surface area (Å²) in [6, 6.07) is 14.5. The highest BCUT2D eigenvalue weighted by molar-refractivity contribution is 5.94. The van der Waals surface area contributed by atoms with Crippen LogP contribution in [0.4, 0.5) is 0 Å². The monoisotopic (exact) mass is 324 g/mol. The van der Waals surface area contributed by atoms with Crippen LogP contribution >= 0.6 is 0 Å². The number of hydrogen-bond donors (Lipinski definition) is 1. The second-order valence-corrected chi connectivity index (χ2v) is 5.71. The Bertz CT molecular complexity index is 690. The second-order valence-electron chi connectivity index (χ2n) is 5.71. The summed E-state index contributed by atoms with van der Waals surface area (Å²) in [7, 11) is 0. The summed E-state index contributed by atoms with van der Waals surface area (Å²) in [5.41, 5.74) is 2.32. The Morgan fingerprint density at radius 2 is 1.71 bits per heavy atom. The molecule has 0 atom stereocenters. The van der Waals surface area contributed by atoms with Gasteiger partial charge in [-0.15, -0.1) is 0 Å². The summed E-state index contributed by atoms with van der Waals surface area (Å²) >= 11 is 0. The molecule has 2 aromatic carbocycles. The molecule has 0 spiro atoms. The topological polar surface area (TPSA) is 58.6 Å². The lowest BCUT2D eigenvalue weighted by molar-refractivity contribution is 0.0735. The fourth-order valence-electron chi connectivity index (χ4n) is 2.60. The van der Waals surface area contributed by atoms with Gasteiger partial charge >= 0.3 is 0 Å². The lowest BCUT2D eigenvalue weighted by atomic mass is 10.1. The molecular weight excluding hydrogens is 304 g/mol. The Morgan fingerprint density at radius 3 is 2.33 bits per heavy atom. The zero-order chi connectivity index (χ0) is 16.8. The third-order valence-corrected chi connectivity index (χ3v) is 4.03. The van der Waals surface area contributed by atoms with Crippen molar-refractivity contribution in [2.75, 3.05) is 26.2 Å². The van der Waals surface area contributed by atoms with Crippen molar-refractivity contribution in [2.24, 2.45) is 0 Å². The maximum absolute atomic E-state index is 12.4. The van der Waals surface area contributed by atoms with E-state index in [0.29, 0.717) is 23.5 Å². The van der Waals surface area contributed by atoms with E-state index in [1.165, 1.54) is 0 Å². The fraction of sp³-hybridized carbons (Fsp3) is 0.263. The van der Waals surface area contributed by atoms with E-state index in [0.717, 1.165) is 38.0 Å². The van der Waals surface area contributed by atoms with E-state index in [1.807, 2.05) is 29.2 Å². The van der Waals surface area contributed by atoms with E-state index in [4.69, 9.17) is 4.74 Å². The van der Waals surface area contributed by atoms with E-state index >= 15 is 0 Å². The molecule has 5 nitrogen and oxygen atoms in total. The van der Waals surface area contributed by atoms with Gasteiger partial charge in [0.25, 0.3) is 5.91 Å². The fourth-order valence-corrected chi connectivity index (χ4v) is 2.60. The van der Waals surface area contributed by atoms with Gasteiger partial charge in [0.2, 0.25) is 0 Å². The molecule has 3 rings (SSSR count). The molecule has 1 saturated heterocycles. The highest BCUT2D eigenvalue weighted by atomic mass is 16.5. The zero-order valence-electron chi connectivity index (χ0n) is 13.4. The molecule has 0 radical (unpaired) electrons. The number of aldehydes is 1. The molecule has 5 heteroatoms. The highest BCUT2D eigenvalue weighted by Crippen LogP contribution is 2.16. The van der Waals surface area contributed by atoms with E-state index in [1.54, 1.807) is 24.3 Å². The molecule has 1 heterocycles. The molecule has 1 fully saturated rings. The van der Waals surface area contributed by atoms with E-state index in [2.05, 4.69) is 5.32 Å². The molecule has 1 amide bonds. The minimum absolute atomic E-state index is 0.0625. The summed E-state index contributed by atoms with van der Waals surface area (Å²) in [6.07, 6.45) is 0.818. The number of carbonyl (C=O) groups excluding carboxylic acids is 2. The Hall–Kier alpha value is -2.66. The van der Waals surface area contributed by atoms with Crippen LogP contribution in [0.2, 0.25) is 0 Å². The van der Waals surface area contributed by atoms with Gasteiger partial charge in [-0.1, -0.05) is 24.3 Å². The van der Waals surface area contributed by atoms with Crippen LogP contribution in [0.25, 0.3) is 0 Å². The quantitative estimate of drug-likeness (QED) is 0.856. The zero-order valence-corrected chi connectivity index (χ0v) is 13.4. The first-order chi connectivity index (χ1) is 11.8. The molecule has 24 heavy (non-hydrogen) atoms.